The van der Waals surface area contributed by atoms with Gasteiger partial charge in [-0.15, -0.1) is 0 Å². The van der Waals surface area contributed by atoms with Crippen molar-refractivity contribution in [3.8, 4) is 0 Å². The molecule has 1 aliphatic rings. The highest BCUT2D eigenvalue weighted by atomic mass is 35.5. The van der Waals surface area contributed by atoms with Gasteiger partial charge in [0, 0.05) is 5.02 Å². The number of rotatable bonds is 4. The number of carbonyl (C=O) groups is 3. The summed E-state index contributed by atoms with van der Waals surface area (Å²) >= 11 is 11.7. The number of imide groups is 1. The van der Waals surface area contributed by atoms with Gasteiger partial charge in [-0.2, -0.15) is 0 Å². The summed E-state index contributed by atoms with van der Waals surface area (Å²) in [5.41, 5.74) is 6.49. The average Bonchev–Trinajstić information content (AvgIpc) is 2.83. The zero-order valence-corrected chi connectivity index (χ0v) is 14.3. The number of nitrogens with two attached hydrogens (primary N) is 1. The first-order chi connectivity index (χ1) is 11.9. The SMILES string of the molecule is Nc1c(Cl)cc(Cl)cc1C(=O)OCCN1C(=O)c2ccccc2C1=O. The van der Waals surface area contributed by atoms with Crippen molar-refractivity contribution in [3.05, 3.63) is 63.1 Å². The molecule has 8 heteroatoms. The van der Waals surface area contributed by atoms with Gasteiger partial charge in [0.1, 0.15) is 6.61 Å². The Morgan fingerprint density at radius 2 is 1.68 bits per heavy atom. The summed E-state index contributed by atoms with van der Waals surface area (Å²) in [5, 5.41) is 0.381. The van der Waals surface area contributed by atoms with Crippen molar-refractivity contribution in [1.29, 1.82) is 0 Å². The molecule has 1 aliphatic heterocycles. The zero-order valence-electron chi connectivity index (χ0n) is 12.8. The minimum Gasteiger partial charge on any atom is -0.460 e. The van der Waals surface area contributed by atoms with E-state index in [-0.39, 0.29) is 34.4 Å². The third-order valence-electron chi connectivity index (χ3n) is 3.74. The summed E-state index contributed by atoms with van der Waals surface area (Å²) in [6, 6.07) is 9.27. The molecule has 2 amide bonds. The predicted octanol–water partition coefficient (Wildman–Crippen LogP) is 3.03. The highest BCUT2D eigenvalue weighted by molar-refractivity contribution is 6.37. The van der Waals surface area contributed by atoms with E-state index in [4.69, 9.17) is 33.7 Å². The second kappa shape index (κ2) is 6.74. The highest BCUT2D eigenvalue weighted by Crippen LogP contribution is 2.28. The monoisotopic (exact) mass is 378 g/mol. The summed E-state index contributed by atoms with van der Waals surface area (Å²) in [5.74, 6) is -1.57. The molecule has 128 valence electrons. The van der Waals surface area contributed by atoms with E-state index >= 15 is 0 Å². The average molecular weight is 379 g/mol. The molecule has 0 fully saturated rings. The number of carbonyl (C=O) groups excluding carboxylic acids is 3. The standard InChI is InChI=1S/C17H12Cl2N2O4/c18-9-7-12(14(20)13(19)8-9)17(24)25-6-5-21-15(22)10-3-1-2-4-11(10)16(21)23/h1-4,7-8H,5-6,20H2. The molecular formula is C17H12Cl2N2O4. The maximum absolute atomic E-state index is 12.2. The van der Waals surface area contributed by atoms with Crippen molar-refractivity contribution < 1.29 is 19.1 Å². The van der Waals surface area contributed by atoms with Gasteiger partial charge >= 0.3 is 5.97 Å². The molecule has 0 radical (unpaired) electrons. The molecule has 0 aromatic heterocycles. The van der Waals surface area contributed by atoms with E-state index in [1.807, 2.05) is 0 Å². The molecule has 0 saturated carbocycles. The van der Waals surface area contributed by atoms with Crippen LogP contribution in [0.15, 0.2) is 36.4 Å². The van der Waals surface area contributed by atoms with E-state index in [1.165, 1.54) is 12.1 Å². The fourth-order valence-corrected chi connectivity index (χ4v) is 3.00. The van der Waals surface area contributed by atoms with Gasteiger partial charge in [0.15, 0.2) is 0 Å². The molecule has 25 heavy (non-hydrogen) atoms. The lowest BCUT2D eigenvalue weighted by Crippen LogP contribution is -2.33. The zero-order chi connectivity index (χ0) is 18.1. The normalized spacial score (nSPS) is 13.1. The third kappa shape index (κ3) is 3.18. The van der Waals surface area contributed by atoms with E-state index in [2.05, 4.69) is 0 Å². The number of benzene rings is 2. The van der Waals surface area contributed by atoms with Crippen LogP contribution < -0.4 is 5.73 Å². The van der Waals surface area contributed by atoms with Gasteiger partial charge in [-0.05, 0) is 24.3 Å². The van der Waals surface area contributed by atoms with Crippen molar-refractivity contribution in [3.63, 3.8) is 0 Å². The van der Waals surface area contributed by atoms with Gasteiger partial charge in [0.25, 0.3) is 11.8 Å². The van der Waals surface area contributed by atoms with Crippen LogP contribution in [0.1, 0.15) is 31.1 Å². The van der Waals surface area contributed by atoms with Crippen molar-refractivity contribution in [2.45, 2.75) is 0 Å². The van der Waals surface area contributed by atoms with Crippen molar-refractivity contribution in [1.82, 2.24) is 4.90 Å². The molecule has 0 unspecified atom stereocenters. The Balaban J connectivity index is 1.66. The van der Waals surface area contributed by atoms with Crippen LogP contribution in [0.2, 0.25) is 10.0 Å². The Bertz CT molecular complexity index is 863. The van der Waals surface area contributed by atoms with Crippen LogP contribution in [0, 0.1) is 0 Å². The molecule has 0 saturated heterocycles. The van der Waals surface area contributed by atoms with Gasteiger partial charge in [-0.25, -0.2) is 4.79 Å². The van der Waals surface area contributed by atoms with Crippen LogP contribution in [-0.2, 0) is 4.74 Å². The van der Waals surface area contributed by atoms with Crippen LogP contribution >= 0.6 is 23.2 Å². The minimum absolute atomic E-state index is 0.0276. The molecule has 1 heterocycles. The molecule has 0 aliphatic carbocycles. The van der Waals surface area contributed by atoms with Crippen LogP contribution in [0.5, 0.6) is 0 Å². The summed E-state index contributed by atoms with van der Waals surface area (Å²) in [6.45, 7) is -0.236. The smallest absolute Gasteiger partial charge is 0.340 e. The topological polar surface area (TPSA) is 89.7 Å². The van der Waals surface area contributed by atoms with E-state index in [1.54, 1.807) is 24.3 Å². The van der Waals surface area contributed by atoms with Crippen molar-refractivity contribution in [2.75, 3.05) is 18.9 Å². The van der Waals surface area contributed by atoms with Crippen molar-refractivity contribution in [2.24, 2.45) is 0 Å². The fourth-order valence-electron chi connectivity index (χ4n) is 2.50. The number of nitrogens with zero attached hydrogens (tertiary/aromatic N) is 1. The third-order valence-corrected chi connectivity index (χ3v) is 4.27. The van der Waals surface area contributed by atoms with Gasteiger partial charge in [-0.3, -0.25) is 14.5 Å². The number of ether oxygens (including phenoxy) is 1. The molecule has 2 N–H and O–H groups in total. The lowest BCUT2D eigenvalue weighted by molar-refractivity contribution is 0.0421. The van der Waals surface area contributed by atoms with Crippen LogP contribution in [0.25, 0.3) is 0 Å². The van der Waals surface area contributed by atoms with Gasteiger partial charge in [0.2, 0.25) is 0 Å². The Morgan fingerprint density at radius 1 is 1.08 bits per heavy atom. The largest absolute Gasteiger partial charge is 0.460 e. The Morgan fingerprint density at radius 3 is 2.28 bits per heavy atom. The first kappa shape index (κ1) is 17.3. The minimum atomic E-state index is -0.737. The first-order valence-electron chi connectivity index (χ1n) is 7.27. The molecule has 3 rings (SSSR count). The molecule has 0 bridgehead atoms. The first-order valence-corrected chi connectivity index (χ1v) is 8.02. The number of hydrogen-bond donors (Lipinski definition) is 1. The maximum Gasteiger partial charge on any atom is 0.340 e. The number of anilines is 1. The van der Waals surface area contributed by atoms with E-state index < -0.39 is 17.8 Å². The van der Waals surface area contributed by atoms with Crippen LogP contribution in [0.3, 0.4) is 0 Å². The number of nitrogen functional groups attached to an aromatic ring is 1. The summed E-state index contributed by atoms with van der Waals surface area (Å²) in [6.07, 6.45) is 0. The summed E-state index contributed by atoms with van der Waals surface area (Å²) < 4.78 is 5.09. The Kier molecular flexibility index (Phi) is 4.65. The molecular weight excluding hydrogens is 367 g/mol. The molecule has 6 nitrogen and oxygen atoms in total. The number of esters is 1. The van der Waals surface area contributed by atoms with Gasteiger partial charge in [-0.1, -0.05) is 35.3 Å². The van der Waals surface area contributed by atoms with E-state index in [9.17, 15) is 14.4 Å². The number of fused-ring (bicyclic) bond motifs is 1. The quantitative estimate of drug-likeness (QED) is 0.501. The van der Waals surface area contributed by atoms with E-state index in [0.717, 1.165) is 4.90 Å². The fraction of sp³-hybridized carbons (Fsp3) is 0.118. The number of hydrogen-bond acceptors (Lipinski definition) is 5. The second-order valence-corrected chi connectivity index (χ2v) is 6.14. The van der Waals surface area contributed by atoms with Gasteiger partial charge in [0.05, 0.1) is 33.9 Å². The van der Waals surface area contributed by atoms with Crippen molar-refractivity contribution >= 4 is 46.7 Å². The Hall–Kier alpha value is -2.57. The van der Waals surface area contributed by atoms with Crippen LogP contribution in [-0.4, -0.2) is 35.8 Å². The highest BCUT2D eigenvalue weighted by Gasteiger charge is 2.34. The number of amides is 2. The Labute approximate surface area is 153 Å². The summed E-state index contributed by atoms with van der Waals surface area (Å²) in [4.78, 5) is 37.6. The number of halogens is 2. The lowest BCUT2D eigenvalue weighted by Gasteiger charge is -2.14. The molecule has 0 spiro atoms. The van der Waals surface area contributed by atoms with Crippen LogP contribution in [0.4, 0.5) is 5.69 Å². The second-order valence-electron chi connectivity index (χ2n) is 5.29. The predicted molar refractivity (Wildman–Crippen MR) is 93.0 cm³/mol. The van der Waals surface area contributed by atoms with E-state index in [0.29, 0.717) is 11.1 Å². The summed E-state index contributed by atoms with van der Waals surface area (Å²) in [7, 11) is 0. The molecule has 2 aromatic rings. The molecule has 2 aromatic carbocycles. The maximum atomic E-state index is 12.2. The lowest BCUT2D eigenvalue weighted by atomic mass is 10.1. The van der Waals surface area contributed by atoms with Gasteiger partial charge < -0.3 is 10.5 Å². The molecule has 0 atom stereocenters.